The SMILES string of the molecule is O=C1NC(=O)C2C1Sc1c(sc(=O)n1CC(=O)N1CCOCC1)[C@H]2c1cccnc1. The standard InChI is InChI=1S/C19H18N4O5S2/c24-11(22-4-6-28-7-5-22)9-23-18-15(30-19(23)27)12(10-2-1-3-20-8-10)13-14(29-18)17(26)21-16(13)25/h1-3,8,12-14H,4-7,9H2,(H,21,25,26)/t12-,13?,14?/m0/s1. The molecule has 0 bridgehead atoms. The molecule has 2 unspecified atom stereocenters. The van der Waals surface area contributed by atoms with Crippen LogP contribution in [-0.2, 0) is 25.7 Å². The molecule has 2 fully saturated rings. The van der Waals surface area contributed by atoms with Gasteiger partial charge in [0, 0.05) is 36.3 Å². The Hall–Kier alpha value is -2.50. The number of amides is 3. The molecule has 30 heavy (non-hydrogen) atoms. The van der Waals surface area contributed by atoms with Gasteiger partial charge in [0.05, 0.1) is 24.2 Å². The topological polar surface area (TPSA) is 111 Å². The number of carbonyl (C=O) groups is 3. The molecule has 1 N–H and O–H groups in total. The Morgan fingerprint density at radius 2 is 2.03 bits per heavy atom. The molecule has 0 spiro atoms. The molecule has 0 aliphatic carbocycles. The molecule has 3 aliphatic heterocycles. The summed E-state index contributed by atoms with van der Waals surface area (Å²) in [6, 6.07) is 3.61. The fourth-order valence-corrected chi connectivity index (χ4v) is 6.88. The first kappa shape index (κ1) is 19.5. The van der Waals surface area contributed by atoms with Crippen molar-refractivity contribution in [1.82, 2.24) is 19.8 Å². The number of imide groups is 1. The molecule has 9 nitrogen and oxygen atoms in total. The predicted octanol–water partition coefficient (Wildman–Crippen LogP) is 0.0424. The van der Waals surface area contributed by atoms with Crippen LogP contribution in [0.15, 0.2) is 34.3 Å². The highest BCUT2D eigenvalue weighted by Crippen LogP contribution is 2.51. The number of thioether (sulfide) groups is 1. The van der Waals surface area contributed by atoms with E-state index in [0.717, 1.165) is 16.9 Å². The molecule has 2 aromatic rings. The van der Waals surface area contributed by atoms with Crippen molar-refractivity contribution in [3.8, 4) is 0 Å². The molecule has 156 valence electrons. The fourth-order valence-electron chi connectivity index (χ4n) is 4.14. The molecule has 5 heterocycles. The normalized spacial score (nSPS) is 25.6. The van der Waals surface area contributed by atoms with Gasteiger partial charge in [0.2, 0.25) is 17.7 Å². The monoisotopic (exact) mass is 446 g/mol. The minimum Gasteiger partial charge on any atom is -0.378 e. The predicted molar refractivity (Wildman–Crippen MR) is 108 cm³/mol. The number of pyridine rings is 1. The number of ether oxygens (including phenoxy) is 1. The second-order valence-electron chi connectivity index (χ2n) is 7.30. The number of rotatable bonds is 3. The zero-order valence-corrected chi connectivity index (χ0v) is 17.4. The van der Waals surface area contributed by atoms with Crippen LogP contribution in [0.4, 0.5) is 0 Å². The lowest BCUT2D eigenvalue weighted by Gasteiger charge is -2.31. The third kappa shape index (κ3) is 3.17. The number of morpholine rings is 1. The fraction of sp³-hybridized carbons (Fsp3) is 0.421. The molecular formula is C19H18N4O5S2. The third-order valence-electron chi connectivity index (χ3n) is 5.59. The van der Waals surface area contributed by atoms with Crippen molar-refractivity contribution in [1.29, 1.82) is 0 Å². The van der Waals surface area contributed by atoms with E-state index in [-0.39, 0.29) is 29.1 Å². The van der Waals surface area contributed by atoms with Crippen LogP contribution in [0.1, 0.15) is 16.4 Å². The van der Waals surface area contributed by atoms with Gasteiger partial charge in [0.25, 0.3) is 0 Å². The summed E-state index contributed by atoms with van der Waals surface area (Å²) in [4.78, 5) is 56.9. The third-order valence-corrected chi connectivity index (χ3v) is 8.20. The van der Waals surface area contributed by atoms with E-state index in [9.17, 15) is 19.2 Å². The molecule has 2 aromatic heterocycles. The molecule has 2 saturated heterocycles. The molecule has 0 aromatic carbocycles. The lowest BCUT2D eigenvalue weighted by Crippen LogP contribution is -2.43. The lowest BCUT2D eigenvalue weighted by molar-refractivity contribution is -0.136. The smallest absolute Gasteiger partial charge is 0.308 e. The van der Waals surface area contributed by atoms with Crippen LogP contribution in [0, 0.1) is 5.92 Å². The zero-order valence-electron chi connectivity index (χ0n) is 15.8. The first-order valence-corrected chi connectivity index (χ1v) is 11.2. The molecule has 0 radical (unpaired) electrons. The molecule has 3 atom stereocenters. The molecule has 3 aliphatic rings. The summed E-state index contributed by atoms with van der Waals surface area (Å²) in [5, 5.41) is 2.36. The van der Waals surface area contributed by atoms with Crippen molar-refractivity contribution >= 4 is 40.8 Å². The van der Waals surface area contributed by atoms with E-state index in [1.54, 1.807) is 23.4 Å². The summed E-state index contributed by atoms with van der Waals surface area (Å²) in [5.41, 5.74) is 0.770. The van der Waals surface area contributed by atoms with Gasteiger partial charge in [-0.15, -0.1) is 0 Å². The first-order chi connectivity index (χ1) is 14.5. The summed E-state index contributed by atoms with van der Waals surface area (Å²) in [5.74, 6) is -1.92. The number of fused-ring (bicyclic) bond motifs is 2. The number of thiazole rings is 1. The second kappa shape index (κ2) is 7.64. The number of nitrogens with zero attached hydrogens (tertiary/aromatic N) is 3. The highest BCUT2D eigenvalue weighted by molar-refractivity contribution is 8.00. The van der Waals surface area contributed by atoms with Gasteiger partial charge in [-0.05, 0) is 11.6 Å². The Kier molecular flexibility index (Phi) is 4.95. The number of carbonyl (C=O) groups excluding carboxylic acids is 3. The van der Waals surface area contributed by atoms with E-state index in [1.165, 1.54) is 16.3 Å². The van der Waals surface area contributed by atoms with Gasteiger partial charge in [-0.3, -0.25) is 34.0 Å². The Morgan fingerprint density at radius 1 is 1.23 bits per heavy atom. The first-order valence-electron chi connectivity index (χ1n) is 9.55. The minimum absolute atomic E-state index is 0.0929. The molecule has 5 rings (SSSR count). The van der Waals surface area contributed by atoms with Crippen molar-refractivity contribution in [2.24, 2.45) is 5.92 Å². The highest BCUT2D eigenvalue weighted by Gasteiger charge is 2.52. The average molecular weight is 447 g/mol. The van der Waals surface area contributed by atoms with E-state index in [2.05, 4.69) is 10.3 Å². The Balaban J connectivity index is 1.56. The van der Waals surface area contributed by atoms with Gasteiger partial charge in [0.1, 0.15) is 11.8 Å². The van der Waals surface area contributed by atoms with Gasteiger partial charge >= 0.3 is 4.87 Å². The highest BCUT2D eigenvalue weighted by atomic mass is 32.2. The van der Waals surface area contributed by atoms with E-state index in [0.29, 0.717) is 36.2 Å². The summed E-state index contributed by atoms with van der Waals surface area (Å²) < 4.78 is 6.73. The maximum Gasteiger partial charge on any atom is 0.308 e. The van der Waals surface area contributed by atoms with E-state index in [4.69, 9.17) is 4.74 Å². The van der Waals surface area contributed by atoms with Crippen molar-refractivity contribution in [3.05, 3.63) is 44.6 Å². The largest absolute Gasteiger partial charge is 0.378 e. The summed E-state index contributed by atoms with van der Waals surface area (Å²) >= 11 is 2.23. The van der Waals surface area contributed by atoms with Gasteiger partial charge in [0.15, 0.2) is 0 Å². The van der Waals surface area contributed by atoms with Crippen molar-refractivity contribution in [2.75, 3.05) is 26.3 Å². The number of nitrogens with one attached hydrogen (secondary N) is 1. The van der Waals surface area contributed by atoms with Gasteiger partial charge in [-0.25, -0.2) is 0 Å². The molecule has 0 saturated carbocycles. The van der Waals surface area contributed by atoms with Crippen LogP contribution in [0.2, 0.25) is 0 Å². The Bertz CT molecular complexity index is 1080. The van der Waals surface area contributed by atoms with Gasteiger partial charge in [-0.2, -0.15) is 0 Å². The summed E-state index contributed by atoms with van der Waals surface area (Å²) in [6.45, 7) is 1.85. The minimum atomic E-state index is -0.644. The van der Waals surface area contributed by atoms with Crippen LogP contribution in [-0.4, -0.2) is 63.7 Å². The zero-order chi connectivity index (χ0) is 20.8. The van der Waals surface area contributed by atoms with Crippen LogP contribution in [0.25, 0.3) is 0 Å². The van der Waals surface area contributed by atoms with E-state index >= 15 is 0 Å². The van der Waals surface area contributed by atoms with Crippen LogP contribution in [0.5, 0.6) is 0 Å². The Morgan fingerprint density at radius 3 is 2.77 bits per heavy atom. The van der Waals surface area contributed by atoms with Gasteiger partial charge in [-0.1, -0.05) is 29.2 Å². The number of hydrogen-bond acceptors (Lipinski definition) is 8. The van der Waals surface area contributed by atoms with Crippen molar-refractivity contribution in [3.63, 3.8) is 0 Å². The van der Waals surface area contributed by atoms with Crippen molar-refractivity contribution < 1.29 is 19.1 Å². The summed E-state index contributed by atoms with van der Waals surface area (Å²) in [7, 11) is 0. The molecule has 11 heteroatoms. The summed E-state index contributed by atoms with van der Waals surface area (Å²) in [6.07, 6.45) is 3.29. The molecular weight excluding hydrogens is 428 g/mol. The number of hydrogen-bond donors (Lipinski definition) is 1. The van der Waals surface area contributed by atoms with E-state index in [1.807, 2.05) is 6.07 Å². The average Bonchev–Trinajstić information content (AvgIpc) is 3.23. The second-order valence-corrected chi connectivity index (χ2v) is 9.42. The van der Waals surface area contributed by atoms with Gasteiger partial charge < -0.3 is 9.64 Å². The van der Waals surface area contributed by atoms with E-state index < -0.39 is 17.1 Å². The lowest BCUT2D eigenvalue weighted by atomic mass is 9.84. The maximum absolute atomic E-state index is 12.9. The van der Waals surface area contributed by atoms with Crippen LogP contribution in [0.3, 0.4) is 0 Å². The quantitative estimate of drug-likeness (QED) is 0.663. The maximum atomic E-state index is 12.9. The van der Waals surface area contributed by atoms with Crippen molar-refractivity contribution in [2.45, 2.75) is 22.7 Å². The Labute approximate surface area is 179 Å². The number of aromatic nitrogens is 2. The van der Waals surface area contributed by atoms with Crippen LogP contribution < -0.4 is 10.2 Å². The van der Waals surface area contributed by atoms with Crippen LogP contribution >= 0.6 is 23.1 Å². The molecule has 3 amide bonds.